The third-order valence-electron chi connectivity index (χ3n) is 12.4. The molecule has 330 valence electrons. The molecule has 0 spiro atoms. The average molecular weight is 849 g/mol. The van der Waals surface area contributed by atoms with E-state index >= 15 is 0 Å². The molecule has 0 aromatic carbocycles. The number of fused-ring (bicyclic) bond motifs is 5. The summed E-state index contributed by atoms with van der Waals surface area (Å²) in [5, 5.41) is 5.43. The smallest absolute Gasteiger partial charge is 0.115 e. The quantitative estimate of drug-likeness (QED) is 0.171. The second-order valence-electron chi connectivity index (χ2n) is 18.4. The Bertz CT molecular complexity index is 2010. The van der Waals surface area contributed by atoms with E-state index in [9.17, 15) is 0 Å². The molecule has 5 aliphatic heterocycles. The van der Waals surface area contributed by atoms with Crippen molar-refractivity contribution in [3.63, 3.8) is 0 Å². The maximum atomic E-state index is 4.50. The fourth-order valence-corrected chi connectivity index (χ4v) is 9.11. The molecule has 13 heteroatoms. The van der Waals surface area contributed by atoms with Gasteiger partial charge in [0.15, 0.2) is 0 Å². The molecule has 0 fully saturated rings. The summed E-state index contributed by atoms with van der Waals surface area (Å²) in [5.74, 6) is 0. The molecule has 12 nitrogen and oxygen atoms in total. The van der Waals surface area contributed by atoms with Crippen LogP contribution in [0.25, 0.3) is 0 Å². The molecule has 61 heavy (non-hydrogen) atoms. The van der Waals surface area contributed by atoms with E-state index in [4.69, 9.17) is 0 Å². The Labute approximate surface area is 370 Å². The van der Waals surface area contributed by atoms with Gasteiger partial charge in [-0.1, -0.05) is 12.1 Å². The van der Waals surface area contributed by atoms with Crippen LogP contribution in [0.15, 0.2) is 55.4 Å². The first-order valence-corrected chi connectivity index (χ1v) is 23.3. The minimum Gasteiger partial charge on any atom is -0.296 e. The standard InChI is InChI=1S/C11H16N2.C10H14N2.C9H15N3.C9H13N3.C9H14N2S/c1-9(2)13-7-5-11-10(8-13)4-3-6-12-11;1-8(2)12-6-9-4-3-5-11-10(9)7-12;1-7(2)12-5-8-4-10-11(3)9(8)6-12;1-7(2)12-4-8-3-10-6-11-9(8)5-12;1-6(2)11-4-8-9(5-11)12-7(3)10-8/h3-4,6,9H,5,7-8H2,1-2H3;3-5,8H,6-7H2,1-2H3;4,7H,5-6H2,1-3H3;3,6-7H,4-5H2,1-2H3;6H,4-5H2,1-3H3. The molecule has 0 N–H and O–H groups in total. The van der Waals surface area contributed by atoms with Crippen molar-refractivity contribution in [1.29, 1.82) is 0 Å². The summed E-state index contributed by atoms with van der Waals surface area (Å²) in [6.45, 7) is 35.0. The van der Waals surface area contributed by atoms with Gasteiger partial charge in [0.05, 0.1) is 34.0 Å². The highest BCUT2D eigenvalue weighted by Crippen LogP contribution is 2.29. The number of pyridine rings is 2. The third-order valence-corrected chi connectivity index (χ3v) is 13.4. The van der Waals surface area contributed by atoms with Crippen molar-refractivity contribution in [3.8, 4) is 0 Å². The maximum Gasteiger partial charge on any atom is 0.115 e. The van der Waals surface area contributed by atoms with Crippen LogP contribution in [0.4, 0.5) is 0 Å². The summed E-state index contributed by atoms with van der Waals surface area (Å²) < 4.78 is 1.98. The minimum atomic E-state index is 0.596. The van der Waals surface area contributed by atoms with Crippen LogP contribution in [0.5, 0.6) is 0 Å². The molecule has 0 radical (unpaired) electrons. The number of hydrogen-bond acceptors (Lipinski definition) is 12. The first-order valence-electron chi connectivity index (χ1n) is 22.4. The van der Waals surface area contributed by atoms with Gasteiger partial charge in [-0.3, -0.25) is 39.1 Å². The van der Waals surface area contributed by atoms with Gasteiger partial charge in [-0.2, -0.15) is 5.10 Å². The fourth-order valence-electron chi connectivity index (χ4n) is 8.14. The summed E-state index contributed by atoms with van der Waals surface area (Å²) in [4.78, 5) is 35.2. The van der Waals surface area contributed by atoms with E-state index in [2.05, 4.69) is 143 Å². The zero-order chi connectivity index (χ0) is 43.8. The lowest BCUT2D eigenvalue weighted by atomic mass is 10.0. The molecular formula is C48H72N12S. The van der Waals surface area contributed by atoms with Gasteiger partial charge in [-0.25, -0.2) is 15.0 Å². The molecule has 0 bridgehead atoms. The number of hydrogen-bond donors (Lipinski definition) is 0. The Morgan fingerprint density at radius 1 is 0.525 bits per heavy atom. The monoisotopic (exact) mass is 849 g/mol. The maximum absolute atomic E-state index is 4.50. The Morgan fingerprint density at radius 3 is 1.61 bits per heavy atom. The van der Waals surface area contributed by atoms with E-state index in [1.807, 2.05) is 60.0 Å². The summed E-state index contributed by atoms with van der Waals surface area (Å²) in [5.41, 5.74) is 11.9. The predicted octanol–water partition coefficient (Wildman–Crippen LogP) is 8.17. The van der Waals surface area contributed by atoms with Crippen molar-refractivity contribution >= 4 is 11.3 Å². The molecule has 0 saturated carbocycles. The number of thiazole rings is 1. The van der Waals surface area contributed by atoms with Crippen LogP contribution < -0.4 is 0 Å². The van der Waals surface area contributed by atoms with Crippen LogP contribution >= 0.6 is 11.3 Å². The van der Waals surface area contributed by atoms with Gasteiger partial charge in [0, 0.05) is 149 Å². The zero-order valence-electron chi connectivity index (χ0n) is 39.1. The highest BCUT2D eigenvalue weighted by molar-refractivity contribution is 7.11. The number of rotatable bonds is 5. The van der Waals surface area contributed by atoms with E-state index in [0.29, 0.717) is 30.2 Å². The van der Waals surface area contributed by atoms with Crippen molar-refractivity contribution in [2.75, 3.05) is 6.54 Å². The van der Waals surface area contributed by atoms with E-state index in [-0.39, 0.29) is 0 Å². The van der Waals surface area contributed by atoms with Gasteiger partial charge in [0.25, 0.3) is 0 Å². The van der Waals surface area contributed by atoms with Crippen molar-refractivity contribution in [2.24, 2.45) is 7.05 Å². The SMILES string of the molecule is CC(C)N1CCc2ncccc2C1.CC(C)N1Cc2cccnc2C1.CC(C)N1Cc2cncnc2C1.CC(C)N1Cc2cnn(C)c2C1.Cc1nc2c(s1)CN(C(C)C)C2. The number of aromatic nitrogens is 7. The van der Waals surface area contributed by atoms with Crippen molar-refractivity contribution in [3.05, 3.63) is 116 Å². The lowest BCUT2D eigenvalue weighted by molar-refractivity contribution is 0.202. The molecule has 0 amide bonds. The van der Waals surface area contributed by atoms with Gasteiger partial charge in [0.1, 0.15) is 6.33 Å². The first-order chi connectivity index (χ1) is 29.2. The Kier molecular flexibility index (Phi) is 16.3. The fraction of sp³-hybridized carbons (Fsp3) is 0.583. The summed E-state index contributed by atoms with van der Waals surface area (Å²) >= 11 is 1.85. The topological polar surface area (TPSA) is 98.5 Å². The molecule has 0 saturated heterocycles. The lowest BCUT2D eigenvalue weighted by Gasteiger charge is -2.31. The van der Waals surface area contributed by atoms with Crippen molar-refractivity contribution in [1.82, 2.24) is 59.2 Å². The first kappa shape index (κ1) is 46.5. The van der Waals surface area contributed by atoms with Crippen LogP contribution in [-0.2, 0) is 72.4 Å². The van der Waals surface area contributed by atoms with Crippen LogP contribution in [0.2, 0.25) is 0 Å². The van der Waals surface area contributed by atoms with Crippen LogP contribution in [0, 0.1) is 6.92 Å². The zero-order valence-corrected chi connectivity index (χ0v) is 40.0. The molecule has 0 atom stereocenters. The largest absolute Gasteiger partial charge is 0.296 e. The van der Waals surface area contributed by atoms with Gasteiger partial charge in [0.2, 0.25) is 0 Å². The molecule has 5 aromatic rings. The van der Waals surface area contributed by atoms with Gasteiger partial charge >= 0.3 is 0 Å². The summed E-state index contributed by atoms with van der Waals surface area (Å²) in [6.07, 6.45) is 10.4. The van der Waals surface area contributed by atoms with E-state index in [1.54, 1.807) is 6.33 Å². The lowest BCUT2D eigenvalue weighted by Crippen LogP contribution is -2.36. The van der Waals surface area contributed by atoms with Crippen molar-refractivity contribution in [2.45, 2.75) is 172 Å². The average Bonchev–Trinajstić information content (AvgIpc) is 4.09. The van der Waals surface area contributed by atoms with Gasteiger partial charge in [-0.15, -0.1) is 11.3 Å². The van der Waals surface area contributed by atoms with E-state index < -0.39 is 0 Å². The Hall–Kier alpha value is -3.98. The van der Waals surface area contributed by atoms with Crippen LogP contribution in [0.1, 0.15) is 130 Å². The van der Waals surface area contributed by atoms with Crippen LogP contribution in [-0.4, -0.2) is 96.0 Å². The molecule has 10 heterocycles. The summed E-state index contributed by atoms with van der Waals surface area (Å²) in [6, 6.07) is 11.6. The van der Waals surface area contributed by atoms with E-state index in [0.717, 1.165) is 71.9 Å². The number of aryl methyl sites for hydroxylation is 2. The van der Waals surface area contributed by atoms with Crippen molar-refractivity contribution < 1.29 is 0 Å². The minimum absolute atomic E-state index is 0.596. The van der Waals surface area contributed by atoms with E-state index in [1.165, 1.54) is 60.6 Å². The highest BCUT2D eigenvalue weighted by atomic mass is 32.1. The summed E-state index contributed by atoms with van der Waals surface area (Å²) in [7, 11) is 2.02. The van der Waals surface area contributed by atoms with Gasteiger partial charge in [-0.05, 0) is 99.4 Å². The normalized spacial score (nSPS) is 17.2. The molecule has 10 rings (SSSR count). The molecule has 0 unspecified atom stereocenters. The second kappa shape index (κ2) is 21.4. The molecule has 5 aliphatic rings. The van der Waals surface area contributed by atoms with Crippen LogP contribution in [0.3, 0.4) is 0 Å². The molecule has 0 aliphatic carbocycles. The highest BCUT2D eigenvalue weighted by Gasteiger charge is 2.26. The molecular weight excluding hydrogens is 777 g/mol. The molecule has 5 aromatic heterocycles. The predicted molar refractivity (Wildman–Crippen MR) is 247 cm³/mol. The van der Waals surface area contributed by atoms with Gasteiger partial charge < -0.3 is 0 Å². The second-order valence-corrected chi connectivity index (χ2v) is 19.7. The Balaban J connectivity index is 0.000000128. The third kappa shape index (κ3) is 12.4. The number of nitrogens with zero attached hydrogens (tertiary/aromatic N) is 12. The Morgan fingerprint density at radius 2 is 1.03 bits per heavy atom.